The molecule has 0 bridgehead atoms. The Kier molecular flexibility index (Phi) is 5.11. The molecule has 0 aliphatic rings. The molecule has 0 unspecified atom stereocenters. The quantitative estimate of drug-likeness (QED) is 0.776. The lowest BCUT2D eigenvalue weighted by Gasteiger charge is -2.19. The van der Waals surface area contributed by atoms with E-state index in [2.05, 4.69) is 15.5 Å². The van der Waals surface area contributed by atoms with E-state index in [0.717, 1.165) is 10.1 Å². The van der Waals surface area contributed by atoms with Crippen LogP contribution in [0.2, 0.25) is 0 Å². The van der Waals surface area contributed by atoms with Crippen LogP contribution in [0.3, 0.4) is 0 Å². The van der Waals surface area contributed by atoms with Crippen LogP contribution in [0.25, 0.3) is 0 Å². The Labute approximate surface area is 100 Å². The number of rotatable bonds is 6. The lowest BCUT2D eigenvalue weighted by Crippen LogP contribution is -2.21. The molecule has 0 spiro atoms. The molecule has 92 valence electrons. The van der Waals surface area contributed by atoms with Crippen molar-refractivity contribution in [2.24, 2.45) is 0 Å². The van der Waals surface area contributed by atoms with Gasteiger partial charge in [-0.3, -0.25) is 0 Å². The van der Waals surface area contributed by atoms with E-state index >= 15 is 0 Å². The number of aromatic nitrogens is 2. The van der Waals surface area contributed by atoms with Gasteiger partial charge in [0.25, 0.3) is 0 Å². The Morgan fingerprint density at radius 3 is 2.56 bits per heavy atom. The minimum Gasteiger partial charge on any atom is -0.373 e. The topological polar surface area (TPSA) is 56.3 Å². The van der Waals surface area contributed by atoms with Gasteiger partial charge in [-0.2, -0.15) is 0 Å². The summed E-state index contributed by atoms with van der Waals surface area (Å²) in [5.41, 5.74) is -0.106. The van der Waals surface area contributed by atoms with Crippen LogP contribution in [0, 0.1) is 0 Å². The van der Waals surface area contributed by atoms with Crippen LogP contribution in [0.15, 0.2) is 0 Å². The Hall–Kier alpha value is -0.720. The summed E-state index contributed by atoms with van der Waals surface area (Å²) in [6, 6.07) is 0. The first-order valence-electron chi connectivity index (χ1n) is 5.23. The Morgan fingerprint density at radius 1 is 1.25 bits per heavy atom. The van der Waals surface area contributed by atoms with Crippen LogP contribution >= 0.6 is 11.3 Å². The Morgan fingerprint density at radius 2 is 2.00 bits per heavy atom. The molecule has 0 fully saturated rings. The number of anilines is 1. The van der Waals surface area contributed by atoms with Crippen LogP contribution in [0.1, 0.15) is 25.8 Å². The first-order chi connectivity index (χ1) is 7.51. The third kappa shape index (κ3) is 5.39. The van der Waals surface area contributed by atoms with Crippen molar-refractivity contribution in [2.75, 3.05) is 25.6 Å². The summed E-state index contributed by atoms with van der Waals surface area (Å²) in [6.45, 7) is 7.74. The lowest BCUT2D eigenvalue weighted by atomic mass is 10.2. The van der Waals surface area contributed by atoms with Crippen LogP contribution < -0.4 is 5.32 Å². The monoisotopic (exact) mass is 245 g/mol. The highest BCUT2D eigenvalue weighted by Crippen LogP contribution is 2.14. The van der Waals surface area contributed by atoms with Crippen LogP contribution in [-0.2, 0) is 16.1 Å². The molecule has 1 aromatic heterocycles. The molecule has 1 rings (SSSR count). The van der Waals surface area contributed by atoms with Crippen molar-refractivity contribution < 1.29 is 9.47 Å². The summed E-state index contributed by atoms with van der Waals surface area (Å²) >= 11 is 1.50. The fourth-order valence-corrected chi connectivity index (χ4v) is 1.61. The summed E-state index contributed by atoms with van der Waals surface area (Å²) in [7, 11) is 1.82. The predicted octanol–water partition coefficient (Wildman–Crippen LogP) is 1.91. The molecule has 5 nitrogen and oxygen atoms in total. The van der Waals surface area contributed by atoms with E-state index in [1.165, 1.54) is 11.3 Å². The van der Waals surface area contributed by atoms with Crippen molar-refractivity contribution in [2.45, 2.75) is 33.0 Å². The highest BCUT2D eigenvalue weighted by Gasteiger charge is 2.09. The van der Waals surface area contributed by atoms with Gasteiger partial charge >= 0.3 is 0 Å². The molecular weight excluding hydrogens is 226 g/mol. The van der Waals surface area contributed by atoms with Gasteiger partial charge in [0.05, 0.1) is 18.8 Å². The van der Waals surface area contributed by atoms with Crippen molar-refractivity contribution in [3.63, 3.8) is 0 Å². The summed E-state index contributed by atoms with van der Waals surface area (Å²) in [5.74, 6) is 0. The minimum absolute atomic E-state index is 0.106. The van der Waals surface area contributed by atoms with Gasteiger partial charge in [0.2, 0.25) is 5.13 Å². The number of ether oxygens (including phenoxy) is 2. The number of hydrogen-bond acceptors (Lipinski definition) is 6. The molecule has 0 saturated carbocycles. The Bertz CT molecular complexity index is 309. The van der Waals surface area contributed by atoms with Gasteiger partial charge < -0.3 is 14.8 Å². The van der Waals surface area contributed by atoms with Gasteiger partial charge in [-0.1, -0.05) is 11.3 Å². The number of nitrogens with zero attached hydrogens (tertiary/aromatic N) is 2. The van der Waals surface area contributed by atoms with Gasteiger partial charge in [0, 0.05) is 7.05 Å². The Balaban J connectivity index is 2.11. The van der Waals surface area contributed by atoms with Crippen molar-refractivity contribution >= 4 is 16.5 Å². The number of hydrogen-bond donors (Lipinski definition) is 1. The van der Waals surface area contributed by atoms with E-state index in [-0.39, 0.29) is 5.60 Å². The van der Waals surface area contributed by atoms with Crippen molar-refractivity contribution in [1.82, 2.24) is 10.2 Å². The maximum absolute atomic E-state index is 5.52. The van der Waals surface area contributed by atoms with Crippen molar-refractivity contribution in [3.05, 3.63) is 5.01 Å². The highest BCUT2D eigenvalue weighted by molar-refractivity contribution is 7.15. The summed E-state index contributed by atoms with van der Waals surface area (Å²) in [4.78, 5) is 0. The smallest absolute Gasteiger partial charge is 0.205 e. The largest absolute Gasteiger partial charge is 0.373 e. The standard InChI is InChI=1S/C10H19N3O2S/c1-10(2,3)15-6-5-14-7-8-12-13-9(11-4)16-8/h5-7H2,1-4H3,(H,11,13). The SMILES string of the molecule is CNc1nnc(COCCOC(C)(C)C)s1. The molecule has 1 N–H and O–H groups in total. The van der Waals surface area contributed by atoms with Gasteiger partial charge in [-0.25, -0.2) is 0 Å². The molecule has 1 heterocycles. The van der Waals surface area contributed by atoms with E-state index < -0.39 is 0 Å². The maximum Gasteiger partial charge on any atom is 0.205 e. The van der Waals surface area contributed by atoms with Crippen molar-refractivity contribution in [1.29, 1.82) is 0 Å². The maximum atomic E-state index is 5.52. The molecule has 0 saturated heterocycles. The van der Waals surface area contributed by atoms with E-state index in [0.29, 0.717) is 19.8 Å². The average Bonchev–Trinajstić information content (AvgIpc) is 2.63. The molecular formula is C10H19N3O2S. The second-order valence-corrected chi connectivity index (χ2v) is 5.33. The molecule has 0 atom stereocenters. The molecule has 0 radical (unpaired) electrons. The van der Waals surface area contributed by atoms with Crippen LogP contribution in [0.5, 0.6) is 0 Å². The van der Waals surface area contributed by atoms with E-state index in [1.807, 2.05) is 27.8 Å². The molecule has 1 aromatic rings. The summed E-state index contributed by atoms with van der Waals surface area (Å²) in [6.07, 6.45) is 0. The second-order valence-electron chi connectivity index (χ2n) is 4.26. The normalized spacial score (nSPS) is 11.8. The first kappa shape index (κ1) is 13.3. The van der Waals surface area contributed by atoms with Gasteiger partial charge in [-0.15, -0.1) is 10.2 Å². The molecule has 16 heavy (non-hydrogen) atoms. The fraction of sp³-hybridized carbons (Fsp3) is 0.800. The van der Waals surface area contributed by atoms with Crippen LogP contribution in [-0.4, -0.2) is 36.1 Å². The fourth-order valence-electron chi connectivity index (χ4n) is 0.979. The summed E-state index contributed by atoms with van der Waals surface area (Å²) in [5, 5.41) is 12.5. The second kappa shape index (κ2) is 6.12. The molecule has 0 aliphatic heterocycles. The third-order valence-electron chi connectivity index (χ3n) is 1.67. The first-order valence-corrected chi connectivity index (χ1v) is 6.05. The van der Waals surface area contributed by atoms with E-state index in [4.69, 9.17) is 9.47 Å². The zero-order valence-electron chi connectivity index (χ0n) is 10.2. The lowest BCUT2D eigenvalue weighted by molar-refractivity contribution is -0.0377. The zero-order valence-corrected chi connectivity index (χ0v) is 11.1. The van der Waals surface area contributed by atoms with Gasteiger partial charge in [0.1, 0.15) is 11.6 Å². The number of nitrogens with one attached hydrogen (secondary N) is 1. The highest BCUT2D eigenvalue weighted by atomic mass is 32.1. The van der Waals surface area contributed by atoms with E-state index in [9.17, 15) is 0 Å². The van der Waals surface area contributed by atoms with Crippen molar-refractivity contribution in [3.8, 4) is 0 Å². The third-order valence-corrected chi connectivity index (χ3v) is 2.58. The van der Waals surface area contributed by atoms with Gasteiger partial charge in [0.15, 0.2) is 0 Å². The molecule has 0 aromatic carbocycles. The van der Waals surface area contributed by atoms with Gasteiger partial charge in [-0.05, 0) is 20.8 Å². The molecule has 6 heteroatoms. The van der Waals surface area contributed by atoms with E-state index in [1.54, 1.807) is 0 Å². The predicted molar refractivity (Wildman–Crippen MR) is 64.8 cm³/mol. The van der Waals surface area contributed by atoms with Crippen LogP contribution in [0.4, 0.5) is 5.13 Å². The summed E-state index contributed by atoms with van der Waals surface area (Å²) < 4.78 is 11.0. The molecule has 0 aliphatic carbocycles. The molecule has 0 amide bonds. The average molecular weight is 245 g/mol. The zero-order chi connectivity index (χ0) is 12.0. The minimum atomic E-state index is -0.106.